The molecule has 0 saturated heterocycles. The van der Waals surface area contributed by atoms with E-state index in [1.165, 1.54) is 11.1 Å². The number of rotatable bonds is 8. The van der Waals surface area contributed by atoms with Crippen LogP contribution in [0.25, 0.3) is 29.1 Å². The Morgan fingerprint density at radius 2 is 1.87 bits per heavy atom. The Labute approximate surface area is 232 Å². The monoisotopic (exact) mass is 515 g/mol. The van der Waals surface area contributed by atoms with Crippen LogP contribution >= 0.6 is 0 Å². The van der Waals surface area contributed by atoms with Gasteiger partial charge in [-0.05, 0) is 60.6 Å². The summed E-state index contributed by atoms with van der Waals surface area (Å²) in [5, 5.41) is 3.19. The van der Waals surface area contributed by atoms with Crippen LogP contribution in [0.5, 0.6) is 0 Å². The van der Waals surface area contributed by atoms with E-state index in [1.807, 2.05) is 34.7 Å². The predicted octanol–water partition coefficient (Wildman–Crippen LogP) is 8.28. The van der Waals surface area contributed by atoms with Crippen molar-refractivity contribution in [2.45, 2.75) is 33.1 Å². The first-order valence-corrected chi connectivity index (χ1v) is 13.3. The maximum atomic E-state index is 4.56. The zero-order valence-corrected chi connectivity index (χ0v) is 23.1. The minimum atomic E-state index is 0.786. The topological polar surface area (TPSA) is 47.7 Å². The number of nitrogens with one attached hydrogen (secondary N) is 1. The first-order valence-electron chi connectivity index (χ1n) is 13.3. The van der Waals surface area contributed by atoms with Crippen LogP contribution in [0.2, 0.25) is 0 Å². The first-order chi connectivity index (χ1) is 19.0. The molecule has 4 aromatic rings. The molecule has 1 aliphatic rings. The number of hydrogen-bond acceptors (Lipinski definition) is 3. The average molecular weight is 516 g/mol. The lowest BCUT2D eigenvalue weighted by atomic mass is 10.1. The number of allylic oxidation sites excluding steroid dienone is 5. The molecule has 0 saturated carbocycles. The van der Waals surface area contributed by atoms with Gasteiger partial charge in [-0.1, -0.05) is 80.8 Å². The normalized spacial score (nSPS) is 12.8. The van der Waals surface area contributed by atoms with Crippen LogP contribution in [-0.2, 0) is 6.42 Å². The molecule has 5 rings (SSSR count). The van der Waals surface area contributed by atoms with Crippen molar-refractivity contribution < 1.29 is 0 Å². The number of nitrogens with zero attached hydrogens (tertiary/aromatic N) is 4. The van der Waals surface area contributed by atoms with Crippen molar-refractivity contribution in [3.05, 3.63) is 133 Å². The second-order valence-corrected chi connectivity index (χ2v) is 9.31. The Morgan fingerprint density at radius 1 is 1.05 bits per heavy atom. The molecule has 0 atom stereocenters. The maximum absolute atomic E-state index is 4.56. The summed E-state index contributed by atoms with van der Waals surface area (Å²) in [6, 6.07) is 16.8. The van der Waals surface area contributed by atoms with E-state index in [9.17, 15) is 0 Å². The fourth-order valence-electron chi connectivity index (χ4n) is 4.41. The highest BCUT2D eigenvalue weighted by Gasteiger charge is 2.15. The summed E-state index contributed by atoms with van der Waals surface area (Å²) in [6.07, 6.45) is 21.2. The summed E-state index contributed by atoms with van der Waals surface area (Å²) in [6.45, 7) is 12.3. The molecule has 0 spiro atoms. The molecule has 198 valence electrons. The number of aryl methyl sites for hydroxylation is 1. The fourth-order valence-corrected chi connectivity index (χ4v) is 4.41. The lowest BCUT2D eigenvalue weighted by Crippen LogP contribution is -2.06. The van der Waals surface area contributed by atoms with Gasteiger partial charge in [-0.3, -0.25) is 4.57 Å². The van der Waals surface area contributed by atoms with Gasteiger partial charge < -0.3 is 9.88 Å². The van der Waals surface area contributed by atoms with Gasteiger partial charge in [0.2, 0.25) is 0 Å². The van der Waals surface area contributed by atoms with Crippen LogP contribution in [0.4, 0.5) is 5.69 Å². The predicted molar refractivity (Wildman–Crippen MR) is 167 cm³/mol. The molecule has 0 fully saturated rings. The minimum absolute atomic E-state index is 0.786. The molecule has 0 radical (unpaired) electrons. The molecule has 2 aromatic heterocycles. The molecule has 0 amide bonds. The van der Waals surface area contributed by atoms with Crippen LogP contribution in [-0.4, -0.2) is 26.1 Å². The Balaban J connectivity index is 0.000000298. The van der Waals surface area contributed by atoms with Crippen LogP contribution in [0, 0.1) is 0 Å². The molecule has 0 aliphatic heterocycles. The average Bonchev–Trinajstić information content (AvgIpc) is 3.68. The molecule has 5 nitrogen and oxygen atoms in total. The quantitative estimate of drug-likeness (QED) is 0.257. The van der Waals surface area contributed by atoms with Crippen LogP contribution in [0.1, 0.15) is 55.0 Å². The van der Waals surface area contributed by atoms with E-state index in [2.05, 4.69) is 115 Å². The fraction of sp³-hybridized carbons (Fsp3) is 0.176. The first kappa shape index (κ1) is 27.4. The summed E-state index contributed by atoms with van der Waals surface area (Å²) in [5.41, 5.74) is 7.87. The zero-order chi connectivity index (χ0) is 27.6. The van der Waals surface area contributed by atoms with Crippen molar-refractivity contribution in [2.24, 2.45) is 0 Å². The maximum Gasteiger partial charge on any atom is 0.160 e. The molecule has 2 heterocycles. The van der Waals surface area contributed by atoms with Gasteiger partial charge in [0, 0.05) is 49.3 Å². The Bertz CT molecular complexity index is 1530. The van der Waals surface area contributed by atoms with E-state index >= 15 is 0 Å². The molecule has 2 aromatic carbocycles. The van der Waals surface area contributed by atoms with E-state index in [4.69, 9.17) is 0 Å². The summed E-state index contributed by atoms with van der Waals surface area (Å²) in [4.78, 5) is 9.11. The van der Waals surface area contributed by atoms with Crippen LogP contribution in [0.3, 0.4) is 0 Å². The van der Waals surface area contributed by atoms with Crippen molar-refractivity contribution in [3.8, 4) is 0 Å². The summed E-state index contributed by atoms with van der Waals surface area (Å²) in [7, 11) is 1.93. The van der Waals surface area contributed by atoms with E-state index < -0.39 is 0 Å². The van der Waals surface area contributed by atoms with E-state index in [-0.39, 0.29) is 0 Å². The van der Waals surface area contributed by atoms with E-state index in [0.717, 1.165) is 59.0 Å². The lowest BCUT2D eigenvalue weighted by molar-refractivity contribution is 0.978. The molecular weight excluding hydrogens is 478 g/mol. The lowest BCUT2D eigenvalue weighted by Gasteiger charge is -2.14. The Kier molecular flexibility index (Phi) is 9.30. The third kappa shape index (κ3) is 6.82. The SMILES string of the molecule is C=C(c1nccn1/C=C(\C)c1cccc(NC)c1)n1ccnc1C1=CCCC=C1.C=Cc1cccc(CC)c1. The number of imidazole rings is 2. The van der Waals surface area contributed by atoms with Gasteiger partial charge >= 0.3 is 0 Å². The molecule has 0 unspecified atom stereocenters. The highest BCUT2D eigenvalue weighted by atomic mass is 15.1. The third-order valence-corrected chi connectivity index (χ3v) is 6.65. The van der Waals surface area contributed by atoms with E-state index in [1.54, 1.807) is 12.4 Å². The number of benzene rings is 2. The standard InChI is InChI=1S/C24H25N5.C10H12/c1-18(21-10-7-11-22(16-21)25-3)17-28-14-12-26-23(28)19(2)29-15-13-27-24(29)20-8-5-4-6-9-20;1-3-9-6-5-7-10(4-2)8-9/h5,7-17,25H,2,4,6H2,1,3H3;3,5-8H,1,4H2,2H3/b18-17+;. The smallest absolute Gasteiger partial charge is 0.160 e. The number of hydrogen-bond donors (Lipinski definition) is 1. The van der Waals surface area contributed by atoms with Crippen molar-refractivity contribution in [3.63, 3.8) is 0 Å². The zero-order valence-electron chi connectivity index (χ0n) is 23.1. The van der Waals surface area contributed by atoms with Gasteiger partial charge in [0.05, 0.1) is 5.70 Å². The molecule has 1 aliphatic carbocycles. The van der Waals surface area contributed by atoms with Crippen LogP contribution in [0.15, 0.2) is 105 Å². The van der Waals surface area contributed by atoms with Gasteiger partial charge in [0.25, 0.3) is 0 Å². The second-order valence-electron chi connectivity index (χ2n) is 9.31. The molecule has 0 bridgehead atoms. The number of anilines is 1. The van der Waals surface area contributed by atoms with Gasteiger partial charge in [-0.2, -0.15) is 0 Å². The van der Waals surface area contributed by atoms with Gasteiger partial charge in [-0.25, -0.2) is 9.97 Å². The second kappa shape index (κ2) is 13.2. The molecule has 39 heavy (non-hydrogen) atoms. The molecule has 1 N–H and O–H groups in total. The third-order valence-electron chi connectivity index (χ3n) is 6.65. The van der Waals surface area contributed by atoms with E-state index in [0.29, 0.717) is 0 Å². The summed E-state index contributed by atoms with van der Waals surface area (Å²) < 4.78 is 4.02. The molecular formula is C34H37N5. The minimum Gasteiger partial charge on any atom is -0.388 e. The Hall–Kier alpha value is -4.64. The summed E-state index contributed by atoms with van der Waals surface area (Å²) in [5.74, 6) is 1.68. The van der Waals surface area contributed by atoms with Crippen molar-refractivity contribution in [1.29, 1.82) is 0 Å². The van der Waals surface area contributed by atoms with Gasteiger partial charge in [0.15, 0.2) is 5.82 Å². The Morgan fingerprint density at radius 3 is 2.62 bits per heavy atom. The summed E-state index contributed by atoms with van der Waals surface area (Å²) >= 11 is 0. The van der Waals surface area contributed by atoms with Gasteiger partial charge in [-0.15, -0.1) is 0 Å². The van der Waals surface area contributed by atoms with Crippen molar-refractivity contribution in [1.82, 2.24) is 19.1 Å². The van der Waals surface area contributed by atoms with Crippen LogP contribution < -0.4 is 5.32 Å². The van der Waals surface area contributed by atoms with Gasteiger partial charge in [0.1, 0.15) is 5.82 Å². The van der Waals surface area contributed by atoms with Crippen molar-refractivity contribution >= 4 is 34.8 Å². The highest BCUT2D eigenvalue weighted by molar-refractivity contribution is 5.78. The molecule has 5 heteroatoms. The number of aromatic nitrogens is 4. The largest absolute Gasteiger partial charge is 0.388 e. The van der Waals surface area contributed by atoms with Crippen molar-refractivity contribution in [2.75, 3.05) is 12.4 Å². The highest BCUT2D eigenvalue weighted by Crippen LogP contribution is 2.25.